The highest BCUT2D eigenvalue weighted by Crippen LogP contribution is 2.19. The van der Waals surface area contributed by atoms with E-state index < -0.39 is 0 Å². The number of aromatic nitrogens is 2. The molecule has 0 amide bonds. The maximum absolute atomic E-state index is 9.22. The molecule has 102 valence electrons. The second kappa shape index (κ2) is 5.77. The summed E-state index contributed by atoms with van der Waals surface area (Å²) in [5.41, 5.74) is 3.29. The number of benzene rings is 2. The lowest BCUT2D eigenvalue weighted by molar-refractivity contribution is 0.295. The molecule has 2 aromatic carbocycles. The molecule has 1 aromatic heterocycles. The SMILES string of the molecule is OCCc1nc2ccccc2n1Cc1cccc(Br)c1. The monoisotopic (exact) mass is 330 g/mol. The summed E-state index contributed by atoms with van der Waals surface area (Å²) in [6.45, 7) is 0.872. The fourth-order valence-electron chi connectivity index (χ4n) is 2.41. The van der Waals surface area contributed by atoms with E-state index >= 15 is 0 Å². The Labute approximate surface area is 126 Å². The molecule has 0 radical (unpaired) electrons. The quantitative estimate of drug-likeness (QED) is 0.796. The highest BCUT2D eigenvalue weighted by atomic mass is 79.9. The molecule has 4 heteroatoms. The van der Waals surface area contributed by atoms with Crippen LogP contribution in [-0.4, -0.2) is 21.3 Å². The second-order valence-electron chi connectivity index (χ2n) is 4.71. The summed E-state index contributed by atoms with van der Waals surface area (Å²) in [5.74, 6) is 0.925. The molecule has 0 spiro atoms. The smallest absolute Gasteiger partial charge is 0.112 e. The van der Waals surface area contributed by atoms with Gasteiger partial charge in [0.05, 0.1) is 17.6 Å². The highest BCUT2D eigenvalue weighted by molar-refractivity contribution is 9.10. The van der Waals surface area contributed by atoms with Gasteiger partial charge < -0.3 is 9.67 Å². The van der Waals surface area contributed by atoms with E-state index in [1.807, 2.05) is 30.3 Å². The van der Waals surface area contributed by atoms with Crippen LogP contribution in [0.5, 0.6) is 0 Å². The molecule has 3 aromatic rings. The minimum atomic E-state index is 0.113. The van der Waals surface area contributed by atoms with Crippen molar-refractivity contribution in [3.8, 4) is 0 Å². The molecular weight excluding hydrogens is 316 g/mol. The van der Waals surface area contributed by atoms with Gasteiger partial charge in [0.25, 0.3) is 0 Å². The number of fused-ring (bicyclic) bond motifs is 1. The Kier molecular flexibility index (Phi) is 3.85. The molecule has 0 saturated carbocycles. The summed E-state index contributed by atoms with van der Waals surface area (Å²) in [6, 6.07) is 16.3. The van der Waals surface area contributed by atoms with Gasteiger partial charge in [-0.15, -0.1) is 0 Å². The van der Waals surface area contributed by atoms with Crippen LogP contribution in [0.4, 0.5) is 0 Å². The molecule has 0 aliphatic carbocycles. The Balaban J connectivity index is 2.06. The summed E-state index contributed by atoms with van der Waals surface area (Å²) in [4.78, 5) is 4.61. The third kappa shape index (κ3) is 2.62. The number of aliphatic hydroxyl groups is 1. The van der Waals surface area contributed by atoms with E-state index in [1.165, 1.54) is 5.56 Å². The van der Waals surface area contributed by atoms with E-state index in [1.54, 1.807) is 0 Å². The van der Waals surface area contributed by atoms with E-state index in [0.29, 0.717) is 6.42 Å². The van der Waals surface area contributed by atoms with E-state index in [9.17, 15) is 5.11 Å². The van der Waals surface area contributed by atoms with E-state index in [0.717, 1.165) is 27.9 Å². The molecule has 3 rings (SSSR count). The first-order chi connectivity index (χ1) is 9.78. The molecule has 3 nitrogen and oxygen atoms in total. The lowest BCUT2D eigenvalue weighted by atomic mass is 10.2. The van der Waals surface area contributed by atoms with Crippen LogP contribution in [-0.2, 0) is 13.0 Å². The van der Waals surface area contributed by atoms with Gasteiger partial charge in [0.15, 0.2) is 0 Å². The molecule has 0 fully saturated rings. The highest BCUT2D eigenvalue weighted by Gasteiger charge is 2.10. The minimum Gasteiger partial charge on any atom is -0.396 e. The Morgan fingerprint density at radius 3 is 2.75 bits per heavy atom. The molecule has 1 N–H and O–H groups in total. The first-order valence-corrected chi connectivity index (χ1v) is 7.36. The Bertz CT molecular complexity index is 736. The van der Waals surface area contributed by atoms with Gasteiger partial charge in [0.2, 0.25) is 0 Å². The van der Waals surface area contributed by atoms with Crippen molar-refractivity contribution < 1.29 is 5.11 Å². The summed E-state index contributed by atoms with van der Waals surface area (Å²) in [5, 5.41) is 9.22. The molecule has 0 aliphatic heterocycles. The van der Waals surface area contributed by atoms with Gasteiger partial charge in [-0.3, -0.25) is 0 Å². The predicted octanol–water partition coefficient (Wildman–Crippen LogP) is 3.38. The van der Waals surface area contributed by atoms with Gasteiger partial charge >= 0.3 is 0 Å². The standard InChI is InChI=1S/C16H15BrN2O/c17-13-5-3-4-12(10-13)11-19-15-7-2-1-6-14(15)18-16(19)8-9-20/h1-7,10,20H,8-9,11H2. The first-order valence-electron chi connectivity index (χ1n) is 6.57. The lowest BCUT2D eigenvalue weighted by Gasteiger charge is -2.09. The molecule has 0 atom stereocenters. The lowest BCUT2D eigenvalue weighted by Crippen LogP contribution is -2.07. The average Bonchev–Trinajstić information content (AvgIpc) is 2.78. The summed E-state index contributed by atoms with van der Waals surface area (Å²) < 4.78 is 3.25. The largest absolute Gasteiger partial charge is 0.396 e. The number of hydrogen-bond acceptors (Lipinski definition) is 2. The Hall–Kier alpha value is -1.65. The third-order valence-electron chi connectivity index (χ3n) is 3.30. The fraction of sp³-hybridized carbons (Fsp3) is 0.188. The predicted molar refractivity (Wildman–Crippen MR) is 83.8 cm³/mol. The fourth-order valence-corrected chi connectivity index (χ4v) is 2.86. The van der Waals surface area contributed by atoms with Crippen LogP contribution in [0.2, 0.25) is 0 Å². The first kappa shape index (κ1) is 13.3. The molecule has 1 heterocycles. The molecule has 0 bridgehead atoms. The van der Waals surface area contributed by atoms with Crippen molar-refractivity contribution in [3.63, 3.8) is 0 Å². The second-order valence-corrected chi connectivity index (χ2v) is 5.62. The van der Waals surface area contributed by atoms with Gasteiger partial charge in [0, 0.05) is 17.4 Å². The van der Waals surface area contributed by atoms with Crippen molar-refractivity contribution in [2.24, 2.45) is 0 Å². The van der Waals surface area contributed by atoms with Crippen molar-refractivity contribution in [3.05, 3.63) is 64.4 Å². The van der Waals surface area contributed by atoms with Gasteiger partial charge in [-0.05, 0) is 29.8 Å². The molecular formula is C16H15BrN2O. The number of para-hydroxylation sites is 2. The Morgan fingerprint density at radius 1 is 1.10 bits per heavy atom. The van der Waals surface area contributed by atoms with Crippen LogP contribution in [0.1, 0.15) is 11.4 Å². The molecule has 0 aliphatic rings. The van der Waals surface area contributed by atoms with Crippen LogP contribution in [0.15, 0.2) is 53.0 Å². The van der Waals surface area contributed by atoms with Crippen molar-refractivity contribution in [2.45, 2.75) is 13.0 Å². The van der Waals surface area contributed by atoms with Gasteiger partial charge in [-0.2, -0.15) is 0 Å². The van der Waals surface area contributed by atoms with Crippen molar-refractivity contribution in [2.75, 3.05) is 6.61 Å². The van der Waals surface area contributed by atoms with Crippen molar-refractivity contribution in [1.82, 2.24) is 9.55 Å². The third-order valence-corrected chi connectivity index (χ3v) is 3.79. The zero-order valence-electron chi connectivity index (χ0n) is 11.0. The van der Waals surface area contributed by atoms with Gasteiger partial charge in [-0.1, -0.05) is 40.2 Å². The maximum Gasteiger partial charge on any atom is 0.112 e. The van der Waals surface area contributed by atoms with E-state index in [4.69, 9.17) is 0 Å². The summed E-state index contributed by atoms with van der Waals surface area (Å²) >= 11 is 3.50. The number of imidazole rings is 1. The number of halogens is 1. The number of hydrogen-bond donors (Lipinski definition) is 1. The van der Waals surface area contributed by atoms with E-state index in [2.05, 4.69) is 43.7 Å². The number of rotatable bonds is 4. The zero-order chi connectivity index (χ0) is 13.9. The van der Waals surface area contributed by atoms with Crippen LogP contribution >= 0.6 is 15.9 Å². The van der Waals surface area contributed by atoms with Gasteiger partial charge in [0.1, 0.15) is 5.82 Å². The molecule has 20 heavy (non-hydrogen) atoms. The maximum atomic E-state index is 9.22. The topological polar surface area (TPSA) is 38.1 Å². The number of aliphatic hydroxyl groups excluding tert-OH is 1. The van der Waals surface area contributed by atoms with Crippen molar-refractivity contribution in [1.29, 1.82) is 0 Å². The Morgan fingerprint density at radius 2 is 1.95 bits per heavy atom. The van der Waals surface area contributed by atoms with Crippen LogP contribution < -0.4 is 0 Å². The molecule has 0 unspecified atom stereocenters. The normalized spacial score (nSPS) is 11.1. The van der Waals surface area contributed by atoms with Crippen LogP contribution in [0.25, 0.3) is 11.0 Å². The van der Waals surface area contributed by atoms with Gasteiger partial charge in [-0.25, -0.2) is 4.98 Å². The van der Waals surface area contributed by atoms with E-state index in [-0.39, 0.29) is 6.61 Å². The minimum absolute atomic E-state index is 0.113. The van der Waals surface area contributed by atoms with Crippen molar-refractivity contribution >= 4 is 27.0 Å². The summed E-state index contributed by atoms with van der Waals surface area (Å²) in [6.07, 6.45) is 0.572. The number of nitrogens with zero attached hydrogens (tertiary/aromatic N) is 2. The van der Waals surface area contributed by atoms with Crippen LogP contribution in [0.3, 0.4) is 0 Å². The average molecular weight is 331 g/mol. The summed E-state index contributed by atoms with van der Waals surface area (Å²) in [7, 11) is 0. The molecule has 0 saturated heterocycles. The van der Waals surface area contributed by atoms with Crippen LogP contribution in [0, 0.1) is 0 Å². The zero-order valence-corrected chi connectivity index (χ0v) is 12.5.